The summed E-state index contributed by atoms with van der Waals surface area (Å²) in [5.41, 5.74) is 2.12. The Labute approximate surface area is 112 Å². The zero-order chi connectivity index (χ0) is 13.8. The fourth-order valence-electron chi connectivity index (χ4n) is 1.76. The third-order valence-electron chi connectivity index (χ3n) is 2.69. The zero-order valence-corrected chi connectivity index (χ0v) is 11.4. The number of aryl methyl sites for hydroxylation is 1. The van der Waals surface area contributed by atoms with Gasteiger partial charge in [-0.25, -0.2) is 0 Å². The first-order valence-electron chi connectivity index (χ1n) is 6.31. The van der Waals surface area contributed by atoms with Gasteiger partial charge in [-0.15, -0.1) is 0 Å². The van der Waals surface area contributed by atoms with Crippen molar-refractivity contribution in [3.8, 4) is 0 Å². The molecule has 1 amide bonds. The lowest BCUT2D eigenvalue weighted by molar-refractivity contribution is 0.102. The van der Waals surface area contributed by atoms with Gasteiger partial charge < -0.3 is 5.32 Å². The van der Waals surface area contributed by atoms with Gasteiger partial charge >= 0.3 is 0 Å². The molecule has 0 unspecified atom stereocenters. The van der Waals surface area contributed by atoms with Gasteiger partial charge in [-0.05, 0) is 30.5 Å². The van der Waals surface area contributed by atoms with Crippen LogP contribution < -0.4 is 5.32 Å². The number of rotatable bonds is 4. The minimum atomic E-state index is -0.197. The van der Waals surface area contributed by atoms with E-state index in [-0.39, 0.29) is 5.91 Å². The number of hydrogen-bond donors (Lipinski definition) is 1. The summed E-state index contributed by atoms with van der Waals surface area (Å²) in [6.45, 7) is 6.94. The minimum Gasteiger partial charge on any atom is -0.320 e. The molecule has 0 saturated heterocycles. The van der Waals surface area contributed by atoms with Crippen LogP contribution in [0.25, 0.3) is 0 Å². The summed E-state index contributed by atoms with van der Waals surface area (Å²) in [6, 6.07) is 3.51. The maximum Gasteiger partial charge on any atom is 0.276 e. The quantitative estimate of drug-likeness (QED) is 0.916. The summed E-state index contributed by atoms with van der Waals surface area (Å²) < 4.78 is 1.79. The van der Waals surface area contributed by atoms with Crippen LogP contribution in [0.4, 0.5) is 5.69 Å². The van der Waals surface area contributed by atoms with E-state index in [1.807, 2.05) is 13.1 Å². The van der Waals surface area contributed by atoms with E-state index in [4.69, 9.17) is 0 Å². The normalized spacial score (nSPS) is 10.7. The average molecular weight is 258 g/mol. The first kappa shape index (κ1) is 13.3. The zero-order valence-electron chi connectivity index (χ0n) is 11.4. The molecule has 0 aromatic carbocycles. The van der Waals surface area contributed by atoms with E-state index in [0.29, 0.717) is 11.6 Å². The molecule has 5 nitrogen and oxygen atoms in total. The van der Waals surface area contributed by atoms with Crippen molar-refractivity contribution in [2.45, 2.75) is 27.3 Å². The highest BCUT2D eigenvalue weighted by Crippen LogP contribution is 2.13. The van der Waals surface area contributed by atoms with Crippen molar-refractivity contribution < 1.29 is 4.79 Å². The second kappa shape index (κ2) is 5.65. The molecule has 0 bridgehead atoms. The Morgan fingerprint density at radius 3 is 2.89 bits per heavy atom. The molecule has 0 fully saturated rings. The number of aromatic nitrogens is 3. The van der Waals surface area contributed by atoms with E-state index >= 15 is 0 Å². The third-order valence-corrected chi connectivity index (χ3v) is 2.69. The minimum absolute atomic E-state index is 0.197. The third kappa shape index (κ3) is 3.40. The maximum absolute atomic E-state index is 12.1. The van der Waals surface area contributed by atoms with Gasteiger partial charge in [-0.3, -0.25) is 14.5 Å². The van der Waals surface area contributed by atoms with Gasteiger partial charge in [-0.1, -0.05) is 13.8 Å². The molecule has 19 heavy (non-hydrogen) atoms. The number of nitrogens with one attached hydrogen (secondary N) is 1. The lowest BCUT2D eigenvalue weighted by Gasteiger charge is -2.06. The molecule has 2 aromatic heterocycles. The molecule has 5 heteroatoms. The number of anilines is 1. The van der Waals surface area contributed by atoms with Crippen molar-refractivity contribution in [2.24, 2.45) is 5.92 Å². The van der Waals surface area contributed by atoms with Gasteiger partial charge in [0.1, 0.15) is 0 Å². The second-order valence-corrected chi connectivity index (χ2v) is 4.96. The van der Waals surface area contributed by atoms with E-state index in [1.54, 1.807) is 29.2 Å². The smallest absolute Gasteiger partial charge is 0.276 e. The molecule has 100 valence electrons. The molecule has 1 N–H and O–H groups in total. The largest absolute Gasteiger partial charge is 0.320 e. The van der Waals surface area contributed by atoms with Crippen LogP contribution in [0.5, 0.6) is 0 Å². The summed E-state index contributed by atoms with van der Waals surface area (Å²) in [6.07, 6.45) is 5.20. The van der Waals surface area contributed by atoms with Crippen LogP contribution in [0.15, 0.2) is 30.7 Å². The molecule has 0 aliphatic heterocycles. The fraction of sp³-hybridized carbons (Fsp3) is 0.357. The second-order valence-electron chi connectivity index (χ2n) is 4.96. The number of hydrogen-bond acceptors (Lipinski definition) is 3. The summed E-state index contributed by atoms with van der Waals surface area (Å²) in [5.74, 6) is 0.301. The predicted molar refractivity (Wildman–Crippen MR) is 74.0 cm³/mol. The number of nitrogens with zero attached hydrogens (tertiary/aromatic N) is 3. The van der Waals surface area contributed by atoms with Crippen molar-refractivity contribution in [3.05, 3.63) is 42.0 Å². The molecule has 0 radical (unpaired) electrons. The number of carbonyl (C=O) groups is 1. The molecule has 0 aliphatic carbocycles. The van der Waals surface area contributed by atoms with Gasteiger partial charge in [0.2, 0.25) is 0 Å². The SMILES string of the molecule is Cc1cnccc1NC(=O)c1ccn(CC(C)C)n1. The van der Waals surface area contributed by atoms with Crippen molar-refractivity contribution in [2.75, 3.05) is 5.32 Å². The summed E-state index contributed by atoms with van der Waals surface area (Å²) in [5, 5.41) is 7.10. The highest BCUT2D eigenvalue weighted by molar-refractivity contribution is 6.03. The van der Waals surface area contributed by atoms with Gasteiger partial charge in [0.05, 0.1) is 0 Å². The molecular formula is C14H18N4O. The van der Waals surface area contributed by atoms with Crippen molar-refractivity contribution in [1.29, 1.82) is 0 Å². The van der Waals surface area contributed by atoms with Crippen LogP contribution in [0, 0.1) is 12.8 Å². The molecule has 0 aliphatic rings. The van der Waals surface area contributed by atoms with Crippen LogP contribution in [0.2, 0.25) is 0 Å². The maximum atomic E-state index is 12.1. The summed E-state index contributed by atoms with van der Waals surface area (Å²) in [4.78, 5) is 16.0. The summed E-state index contributed by atoms with van der Waals surface area (Å²) in [7, 11) is 0. The Morgan fingerprint density at radius 2 is 2.21 bits per heavy atom. The average Bonchev–Trinajstić information content (AvgIpc) is 2.79. The van der Waals surface area contributed by atoms with Crippen LogP contribution in [-0.4, -0.2) is 20.7 Å². The lowest BCUT2D eigenvalue weighted by atomic mass is 10.2. The van der Waals surface area contributed by atoms with Crippen LogP contribution >= 0.6 is 0 Å². The van der Waals surface area contributed by atoms with Crippen molar-refractivity contribution >= 4 is 11.6 Å². The van der Waals surface area contributed by atoms with E-state index in [2.05, 4.69) is 29.2 Å². The highest BCUT2D eigenvalue weighted by atomic mass is 16.1. The molecule has 2 aromatic rings. The standard InChI is InChI=1S/C14H18N4O/c1-10(2)9-18-7-5-13(17-18)14(19)16-12-4-6-15-8-11(12)3/h4-8,10H,9H2,1-3H3,(H,15,16,19). The predicted octanol–water partition coefficient (Wildman–Crippen LogP) is 2.49. The van der Waals surface area contributed by atoms with Gasteiger partial charge in [-0.2, -0.15) is 5.10 Å². The molecule has 2 rings (SSSR count). The molecule has 0 atom stereocenters. The van der Waals surface area contributed by atoms with Gasteiger partial charge in [0, 0.05) is 30.8 Å². The van der Waals surface area contributed by atoms with Crippen LogP contribution in [0.1, 0.15) is 29.9 Å². The number of amides is 1. The monoisotopic (exact) mass is 258 g/mol. The fourth-order valence-corrected chi connectivity index (χ4v) is 1.76. The Hall–Kier alpha value is -2.17. The Kier molecular flexibility index (Phi) is 3.94. The topological polar surface area (TPSA) is 59.8 Å². The van der Waals surface area contributed by atoms with Gasteiger partial charge in [0.15, 0.2) is 5.69 Å². The Morgan fingerprint density at radius 1 is 1.42 bits per heavy atom. The first-order chi connectivity index (χ1) is 9.06. The van der Waals surface area contributed by atoms with Crippen molar-refractivity contribution in [1.82, 2.24) is 14.8 Å². The molecular weight excluding hydrogens is 240 g/mol. The van der Waals surface area contributed by atoms with E-state index in [1.165, 1.54) is 0 Å². The van der Waals surface area contributed by atoms with E-state index in [0.717, 1.165) is 17.8 Å². The van der Waals surface area contributed by atoms with Gasteiger partial charge in [0.25, 0.3) is 5.91 Å². The Balaban J connectivity index is 2.08. The van der Waals surface area contributed by atoms with E-state index < -0.39 is 0 Å². The van der Waals surface area contributed by atoms with Crippen LogP contribution in [0.3, 0.4) is 0 Å². The summed E-state index contributed by atoms with van der Waals surface area (Å²) >= 11 is 0. The molecule has 2 heterocycles. The molecule has 0 saturated carbocycles. The lowest BCUT2D eigenvalue weighted by Crippen LogP contribution is -2.14. The first-order valence-corrected chi connectivity index (χ1v) is 6.31. The Bertz CT molecular complexity index is 574. The number of pyridine rings is 1. The van der Waals surface area contributed by atoms with Crippen molar-refractivity contribution in [3.63, 3.8) is 0 Å². The van der Waals surface area contributed by atoms with E-state index in [9.17, 15) is 4.79 Å². The number of carbonyl (C=O) groups excluding carboxylic acids is 1. The highest BCUT2D eigenvalue weighted by Gasteiger charge is 2.11. The van der Waals surface area contributed by atoms with Crippen LogP contribution in [-0.2, 0) is 6.54 Å². The molecule has 0 spiro atoms.